The summed E-state index contributed by atoms with van der Waals surface area (Å²) in [5, 5.41) is 3.27. The number of carbonyl (C=O) groups is 2. The predicted molar refractivity (Wildman–Crippen MR) is 126 cm³/mol. The molecule has 0 radical (unpaired) electrons. The SMILES string of the molecule is Cc1cnc(-c2cc(C(=O)NC(C)c3cnc(C(F)(F)F)nc3)cc3c2OCC(=O)N3CC2(F)CC2)s1. The molecule has 1 aliphatic carbocycles. The first-order chi connectivity index (χ1) is 17.4. The number of aryl methyl sites for hydroxylation is 1. The summed E-state index contributed by atoms with van der Waals surface area (Å²) in [5.74, 6) is -1.94. The van der Waals surface area contributed by atoms with Gasteiger partial charge in [0.25, 0.3) is 11.8 Å². The number of fused-ring (bicyclic) bond motifs is 1. The summed E-state index contributed by atoms with van der Waals surface area (Å²) in [7, 11) is 0. The lowest BCUT2D eigenvalue weighted by Gasteiger charge is -2.32. The molecule has 1 saturated carbocycles. The predicted octanol–water partition coefficient (Wildman–Crippen LogP) is 4.65. The fourth-order valence-electron chi connectivity index (χ4n) is 3.90. The first kappa shape index (κ1) is 25.1. The fourth-order valence-corrected chi connectivity index (χ4v) is 4.68. The van der Waals surface area contributed by atoms with Crippen LogP contribution in [0.5, 0.6) is 5.75 Å². The van der Waals surface area contributed by atoms with E-state index in [1.807, 2.05) is 6.92 Å². The highest BCUT2D eigenvalue weighted by molar-refractivity contribution is 7.15. The monoisotopic (exact) mass is 535 g/mol. The molecule has 0 bridgehead atoms. The van der Waals surface area contributed by atoms with Crippen LogP contribution in [-0.2, 0) is 11.0 Å². The maximum Gasteiger partial charge on any atom is 0.451 e. The second kappa shape index (κ2) is 9.05. The molecule has 5 rings (SSSR count). The third kappa shape index (κ3) is 5.13. The van der Waals surface area contributed by atoms with Gasteiger partial charge in [0, 0.05) is 34.6 Å². The minimum Gasteiger partial charge on any atom is -0.481 e. The minimum atomic E-state index is -4.68. The van der Waals surface area contributed by atoms with Crippen molar-refractivity contribution < 1.29 is 31.9 Å². The second-order valence-electron chi connectivity index (χ2n) is 9.10. The molecule has 2 amide bonds. The quantitative estimate of drug-likeness (QED) is 0.462. The van der Waals surface area contributed by atoms with Crippen LogP contribution in [-0.4, -0.2) is 45.6 Å². The van der Waals surface area contributed by atoms with E-state index >= 15 is 0 Å². The molecular formula is C24H21F4N5O3S. The number of anilines is 1. The normalized spacial score (nSPS) is 17.1. The van der Waals surface area contributed by atoms with E-state index in [4.69, 9.17) is 4.74 Å². The molecule has 1 atom stereocenters. The van der Waals surface area contributed by atoms with Crippen LogP contribution in [0.25, 0.3) is 10.6 Å². The molecule has 0 saturated heterocycles. The molecule has 2 aromatic heterocycles. The van der Waals surface area contributed by atoms with Gasteiger partial charge in [-0.15, -0.1) is 11.3 Å². The number of rotatable bonds is 6. The number of amides is 2. The summed E-state index contributed by atoms with van der Waals surface area (Å²) in [4.78, 5) is 39.2. The van der Waals surface area contributed by atoms with Gasteiger partial charge in [-0.25, -0.2) is 19.3 Å². The van der Waals surface area contributed by atoms with Gasteiger partial charge in [0.15, 0.2) is 12.4 Å². The molecule has 1 aliphatic heterocycles. The molecule has 13 heteroatoms. The molecule has 1 unspecified atom stereocenters. The molecule has 3 heterocycles. The number of alkyl halides is 4. The first-order valence-electron chi connectivity index (χ1n) is 11.4. The lowest BCUT2D eigenvalue weighted by molar-refractivity contribution is -0.145. The molecule has 0 spiro atoms. The van der Waals surface area contributed by atoms with Gasteiger partial charge in [0.2, 0.25) is 5.82 Å². The molecule has 1 fully saturated rings. The largest absolute Gasteiger partial charge is 0.481 e. The molecule has 37 heavy (non-hydrogen) atoms. The summed E-state index contributed by atoms with van der Waals surface area (Å²) in [6.45, 7) is 3.03. The molecule has 8 nitrogen and oxygen atoms in total. The van der Waals surface area contributed by atoms with Crippen molar-refractivity contribution in [2.75, 3.05) is 18.1 Å². The number of halogens is 4. The molecule has 1 aromatic carbocycles. The van der Waals surface area contributed by atoms with E-state index in [9.17, 15) is 27.2 Å². The highest BCUT2D eigenvalue weighted by Gasteiger charge is 2.47. The van der Waals surface area contributed by atoms with Crippen molar-refractivity contribution in [3.05, 3.63) is 52.6 Å². The van der Waals surface area contributed by atoms with Crippen molar-refractivity contribution >= 4 is 28.8 Å². The smallest absolute Gasteiger partial charge is 0.451 e. The highest BCUT2D eigenvalue weighted by atomic mass is 32.1. The fraction of sp³-hybridized carbons (Fsp3) is 0.375. The molecular weight excluding hydrogens is 514 g/mol. The van der Waals surface area contributed by atoms with Crippen LogP contribution in [0.3, 0.4) is 0 Å². The van der Waals surface area contributed by atoms with Crippen LogP contribution in [0.4, 0.5) is 23.2 Å². The number of thiazole rings is 1. The van der Waals surface area contributed by atoms with E-state index in [-0.39, 0.29) is 30.0 Å². The van der Waals surface area contributed by atoms with Gasteiger partial charge in [0.05, 0.1) is 23.8 Å². The third-order valence-electron chi connectivity index (χ3n) is 6.12. The number of benzene rings is 1. The summed E-state index contributed by atoms with van der Waals surface area (Å²) in [5.41, 5.74) is -0.317. The average molecular weight is 536 g/mol. The van der Waals surface area contributed by atoms with Gasteiger partial charge < -0.3 is 15.0 Å². The van der Waals surface area contributed by atoms with Gasteiger partial charge in [-0.2, -0.15) is 13.2 Å². The van der Waals surface area contributed by atoms with Crippen LogP contribution in [0.1, 0.15) is 52.4 Å². The first-order valence-corrected chi connectivity index (χ1v) is 12.2. The van der Waals surface area contributed by atoms with E-state index in [2.05, 4.69) is 20.3 Å². The zero-order valence-corrected chi connectivity index (χ0v) is 20.5. The van der Waals surface area contributed by atoms with Crippen LogP contribution in [0, 0.1) is 6.92 Å². The Hall–Kier alpha value is -3.61. The van der Waals surface area contributed by atoms with Crippen molar-refractivity contribution in [3.8, 4) is 16.3 Å². The zero-order chi connectivity index (χ0) is 26.5. The summed E-state index contributed by atoms with van der Waals surface area (Å²) < 4.78 is 58.7. The van der Waals surface area contributed by atoms with Crippen LogP contribution in [0.2, 0.25) is 0 Å². The van der Waals surface area contributed by atoms with E-state index in [0.717, 1.165) is 17.3 Å². The Bertz CT molecular complexity index is 1370. The van der Waals surface area contributed by atoms with Crippen molar-refractivity contribution in [1.29, 1.82) is 0 Å². The Kier molecular flexibility index (Phi) is 6.13. The third-order valence-corrected chi connectivity index (χ3v) is 7.07. The summed E-state index contributed by atoms with van der Waals surface area (Å²) in [6, 6.07) is 2.29. The van der Waals surface area contributed by atoms with Gasteiger partial charge in [-0.3, -0.25) is 9.59 Å². The van der Waals surface area contributed by atoms with Crippen molar-refractivity contribution in [2.24, 2.45) is 0 Å². The maximum atomic E-state index is 14.7. The van der Waals surface area contributed by atoms with E-state index < -0.39 is 35.5 Å². The Morgan fingerprint density at radius 3 is 2.51 bits per heavy atom. The van der Waals surface area contributed by atoms with Gasteiger partial charge in [0.1, 0.15) is 10.7 Å². The zero-order valence-electron chi connectivity index (χ0n) is 19.7. The topological polar surface area (TPSA) is 97.3 Å². The minimum absolute atomic E-state index is 0.147. The Morgan fingerprint density at radius 1 is 1.22 bits per heavy atom. The van der Waals surface area contributed by atoms with Crippen molar-refractivity contribution in [3.63, 3.8) is 0 Å². The molecule has 1 N–H and O–H groups in total. The number of ether oxygens (including phenoxy) is 1. The standard InChI is InChI=1S/C24H21F4N5O3S/c1-12-7-29-21(37-12)16-5-14(6-17-19(16)36-10-18(34)33(17)11-23(25)3-4-23)20(35)32-13(2)15-8-30-22(31-9-15)24(26,27)28/h5-9,13H,3-4,10-11H2,1-2H3,(H,32,35). The average Bonchev–Trinajstić information content (AvgIpc) is 3.42. The molecule has 2 aliphatic rings. The number of hydrogen-bond acceptors (Lipinski definition) is 7. The maximum absolute atomic E-state index is 14.7. The molecule has 194 valence electrons. The summed E-state index contributed by atoms with van der Waals surface area (Å²) in [6.07, 6.45) is -0.318. The van der Waals surface area contributed by atoms with Crippen molar-refractivity contribution in [1.82, 2.24) is 20.3 Å². The van der Waals surface area contributed by atoms with E-state index in [1.54, 1.807) is 19.2 Å². The molecule has 3 aromatic rings. The van der Waals surface area contributed by atoms with Crippen LogP contribution < -0.4 is 15.0 Å². The van der Waals surface area contributed by atoms with Gasteiger partial charge in [-0.05, 0) is 38.8 Å². The number of nitrogens with zero attached hydrogens (tertiary/aromatic N) is 4. The Labute approximate surface area is 212 Å². The summed E-state index contributed by atoms with van der Waals surface area (Å²) >= 11 is 1.37. The van der Waals surface area contributed by atoms with Crippen molar-refractivity contribution in [2.45, 2.75) is 44.6 Å². The Morgan fingerprint density at radius 2 is 1.92 bits per heavy atom. The number of aromatic nitrogens is 3. The second-order valence-corrected chi connectivity index (χ2v) is 10.3. The lowest BCUT2D eigenvalue weighted by atomic mass is 10.0. The number of nitrogens with one attached hydrogen (secondary N) is 1. The van der Waals surface area contributed by atoms with Crippen LogP contribution in [0.15, 0.2) is 30.7 Å². The van der Waals surface area contributed by atoms with Gasteiger partial charge in [-0.1, -0.05) is 0 Å². The lowest BCUT2D eigenvalue weighted by Crippen LogP contribution is -2.43. The van der Waals surface area contributed by atoms with Gasteiger partial charge >= 0.3 is 6.18 Å². The highest BCUT2D eigenvalue weighted by Crippen LogP contribution is 2.47. The number of carbonyl (C=O) groups excluding carboxylic acids is 2. The van der Waals surface area contributed by atoms with E-state index in [1.165, 1.54) is 22.3 Å². The Balaban J connectivity index is 1.49. The number of hydrogen-bond donors (Lipinski definition) is 1. The van der Waals surface area contributed by atoms with Crippen LogP contribution >= 0.6 is 11.3 Å². The van der Waals surface area contributed by atoms with E-state index in [0.29, 0.717) is 29.2 Å².